The summed E-state index contributed by atoms with van der Waals surface area (Å²) in [5, 5.41) is 11.4. The lowest BCUT2D eigenvalue weighted by Crippen LogP contribution is -2.29. The maximum absolute atomic E-state index is 13.4. The lowest BCUT2D eigenvalue weighted by Gasteiger charge is -2.26. The number of carbonyl (C=O) groups excluding carboxylic acids is 2. The monoisotopic (exact) mass is 473 g/mol. The van der Waals surface area contributed by atoms with Crippen LogP contribution < -0.4 is 19.1 Å². The zero-order valence-corrected chi connectivity index (χ0v) is 20.3. The molecule has 35 heavy (non-hydrogen) atoms. The first kappa shape index (κ1) is 23.9. The summed E-state index contributed by atoms with van der Waals surface area (Å²) in [7, 11) is 4.56. The van der Waals surface area contributed by atoms with E-state index in [1.807, 2.05) is 32.0 Å². The van der Waals surface area contributed by atoms with Crippen LogP contribution in [0.3, 0.4) is 0 Å². The predicted molar refractivity (Wildman–Crippen MR) is 133 cm³/mol. The third-order valence-corrected chi connectivity index (χ3v) is 6.02. The largest absolute Gasteiger partial charge is 0.507 e. The number of Topliss-reactive ketones (excluding diaryl/α,β-unsaturated/α-hetero) is 1. The van der Waals surface area contributed by atoms with Gasteiger partial charge in [-0.25, -0.2) is 0 Å². The van der Waals surface area contributed by atoms with E-state index in [1.165, 1.54) is 19.1 Å². The Balaban J connectivity index is 1.95. The molecule has 1 heterocycles. The van der Waals surface area contributed by atoms with E-state index in [0.717, 1.165) is 11.1 Å². The lowest BCUT2D eigenvalue weighted by atomic mass is 9.94. The molecule has 0 saturated carbocycles. The topological polar surface area (TPSA) is 85.3 Å². The SMILES string of the molecule is COc1ccc(C2/C(=C(/O)c3ccc(OC)c(OC)c3)C(=O)C(=O)N2c2cc(C)cc(C)c2)cc1. The van der Waals surface area contributed by atoms with Gasteiger partial charge in [0.1, 0.15) is 11.5 Å². The van der Waals surface area contributed by atoms with Gasteiger partial charge in [0.2, 0.25) is 0 Å². The molecule has 7 heteroatoms. The molecule has 1 aliphatic heterocycles. The third kappa shape index (κ3) is 4.33. The average molecular weight is 474 g/mol. The highest BCUT2D eigenvalue weighted by Crippen LogP contribution is 2.43. The van der Waals surface area contributed by atoms with Crippen LogP contribution in [0.2, 0.25) is 0 Å². The molecule has 4 rings (SSSR count). The molecule has 3 aromatic rings. The Kier molecular flexibility index (Phi) is 6.51. The molecule has 0 bridgehead atoms. The second-order valence-electron chi connectivity index (χ2n) is 8.36. The van der Waals surface area contributed by atoms with E-state index in [2.05, 4.69) is 0 Å². The summed E-state index contributed by atoms with van der Waals surface area (Å²) >= 11 is 0. The molecule has 1 N–H and O–H groups in total. The number of nitrogens with zero attached hydrogens (tertiary/aromatic N) is 1. The number of hydrogen-bond acceptors (Lipinski definition) is 6. The summed E-state index contributed by atoms with van der Waals surface area (Å²) in [5.41, 5.74) is 3.47. The van der Waals surface area contributed by atoms with Gasteiger partial charge in [0.05, 0.1) is 32.9 Å². The van der Waals surface area contributed by atoms with E-state index in [9.17, 15) is 14.7 Å². The molecule has 0 spiro atoms. The summed E-state index contributed by atoms with van der Waals surface area (Å²) in [5.74, 6) is -0.267. The van der Waals surface area contributed by atoms with Crippen LogP contribution in [0.5, 0.6) is 17.2 Å². The van der Waals surface area contributed by atoms with E-state index in [4.69, 9.17) is 14.2 Å². The second-order valence-corrected chi connectivity index (χ2v) is 8.36. The molecule has 1 amide bonds. The number of ketones is 1. The first-order valence-corrected chi connectivity index (χ1v) is 11.0. The van der Waals surface area contributed by atoms with Gasteiger partial charge in [-0.15, -0.1) is 0 Å². The average Bonchev–Trinajstić information content (AvgIpc) is 3.12. The number of aliphatic hydroxyl groups is 1. The highest BCUT2D eigenvalue weighted by Gasteiger charge is 2.47. The quantitative estimate of drug-likeness (QED) is 0.310. The molecule has 3 aromatic carbocycles. The highest BCUT2D eigenvalue weighted by molar-refractivity contribution is 6.51. The zero-order chi connectivity index (χ0) is 25.3. The van der Waals surface area contributed by atoms with Crippen LogP contribution >= 0.6 is 0 Å². The van der Waals surface area contributed by atoms with Gasteiger partial charge in [-0.1, -0.05) is 18.2 Å². The predicted octanol–water partition coefficient (Wildman–Crippen LogP) is 4.96. The molecular weight excluding hydrogens is 446 g/mol. The standard InChI is InChI=1S/C28H27NO6/c1-16-12-17(2)14-20(13-16)29-25(18-6-9-21(33-3)10-7-18)24(27(31)28(29)32)26(30)19-8-11-22(34-4)23(15-19)35-5/h6-15,25,30H,1-5H3/b26-24-. The third-order valence-electron chi connectivity index (χ3n) is 6.02. The minimum atomic E-state index is -0.838. The Bertz CT molecular complexity index is 1310. The number of methoxy groups -OCH3 is 3. The number of rotatable bonds is 6. The van der Waals surface area contributed by atoms with Gasteiger partial charge in [-0.05, 0) is 73.0 Å². The van der Waals surface area contributed by atoms with E-state index >= 15 is 0 Å². The Morgan fingerprint density at radius 2 is 1.43 bits per heavy atom. The molecule has 1 saturated heterocycles. The molecule has 180 valence electrons. The number of carbonyl (C=O) groups is 2. The van der Waals surface area contributed by atoms with Crippen molar-refractivity contribution in [2.75, 3.05) is 26.2 Å². The summed E-state index contributed by atoms with van der Waals surface area (Å²) in [6, 6.07) is 16.8. The van der Waals surface area contributed by atoms with Crippen LogP contribution in [0.15, 0.2) is 66.2 Å². The maximum atomic E-state index is 13.4. The van der Waals surface area contributed by atoms with Crippen LogP contribution in [-0.4, -0.2) is 38.1 Å². The second kappa shape index (κ2) is 9.54. The van der Waals surface area contributed by atoms with Crippen molar-refractivity contribution in [2.45, 2.75) is 19.9 Å². The molecule has 0 aliphatic carbocycles. The van der Waals surface area contributed by atoms with E-state index < -0.39 is 17.7 Å². The van der Waals surface area contributed by atoms with Gasteiger partial charge in [0.25, 0.3) is 11.7 Å². The Hall–Kier alpha value is -4.26. The Morgan fingerprint density at radius 1 is 0.800 bits per heavy atom. The lowest BCUT2D eigenvalue weighted by molar-refractivity contribution is -0.132. The van der Waals surface area contributed by atoms with Crippen LogP contribution in [0, 0.1) is 13.8 Å². The van der Waals surface area contributed by atoms with Crippen molar-refractivity contribution in [3.63, 3.8) is 0 Å². The number of benzene rings is 3. The smallest absolute Gasteiger partial charge is 0.300 e. The molecule has 1 atom stereocenters. The number of aliphatic hydroxyl groups excluding tert-OH is 1. The number of anilines is 1. The Morgan fingerprint density at radius 3 is 2.00 bits per heavy atom. The number of amides is 1. The normalized spacial score (nSPS) is 16.9. The van der Waals surface area contributed by atoms with Gasteiger partial charge in [-0.3, -0.25) is 14.5 Å². The minimum absolute atomic E-state index is 0.00783. The minimum Gasteiger partial charge on any atom is -0.507 e. The number of ether oxygens (including phenoxy) is 3. The molecule has 7 nitrogen and oxygen atoms in total. The number of aryl methyl sites for hydroxylation is 2. The van der Waals surface area contributed by atoms with Crippen molar-refractivity contribution in [2.24, 2.45) is 0 Å². The summed E-state index contributed by atoms with van der Waals surface area (Å²) < 4.78 is 15.9. The van der Waals surface area contributed by atoms with Gasteiger partial charge >= 0.3 is 0 Å². The van der Waals surface area contributed by atoms with Crippen LogP contribution in [0.1, 0.15) is 28.3 Å². The van der Waals surface area contributed by atoms with Crippen molar-refractivity contribution in [3.05, 3.63) is 88.5 Å². The summed E-state index contributed by atoms with van der Waals surface area (Å²) in [6.07, 6.45) is 0. The van der Waals surface area contributed by atoms with Crippen molar-refractivity contribution < 1.29 is 28.9 Å². The van der Waals surface area contributed by atoms with Gasteiger partial charge < -0.3 is 19.3 Å². The fraction of sp³-hybridized carbons (Fsp3) is 0.214. The summed E-state index contributed by atoms with van der Waals surface area (Å²) in [6.45, 7) is 3.86. The van der Waals surface area contributed by atoms with E-state index in [1.54, 1.807) is 49.6 Å². The molecule has 0 radical (unpaired) electrons. The van der Waals surface area contributed by atoms with E-state index in [-0.39, 0.29) is 11.3 Å². The van der Waals surface area contributed by atoms with Crippen LogP contribution in [0.25, 0.3) is 5.76 Å². The highest BCUT2D eigenvalue weighted by atomic mass is 16.5. The van der Waals surface area contributed by atoms with Gasteiger partial charge in [0, 0.05) is 11.3 Å². The molecular formula is C28H27NO6. The Labute approximate surface area is 204 Å². The van der Waals surface area contributed by atoms with Crippen molar-refractivity contribution in [1.29, 1.82) is 0 Å². The fourth-order valence-electron chi connectivity index (χ4n) is 4.43. The first-order chi connectivity index (χ1) is 16.8. The molecule has 1 unspecified atom stereocenters. The van der Waals surface area contributed by atoms with Crippen molar-refractivity contribution >= 4 is 23.1 Å². The van der Waals surface area contributed by atoms with Crippen molar-refractivity contribution in [1.82, 2.24) is 0 Å². The maximum Gasteiger partial charge on any atom is 0.300 e. The van der Waals surface area contributed by atoms with Gasteiger partial charge in [0.15, 0.2) is 11.5 Å². The van der Waals surface area contributed by atoms with Crippen LogP contribution in [0.4, 0.5) is 5.69 Å². The summed E-state index contributed by atoms with van der Waals surface area (Å²) in [4.78, 5) is 28.2. The zero-order valence-electron chi connectivity index (χ0n) is 20.3. The molecule has 0 aromatic heterocycles. The van der Waals surface area contributed by atoms with Crippen LogP contribution in [-0.2, 0) is 9.59 Å². The van der Waals surface area contributed by atoms with E-state index in [0.29, 0.717) is 34.1 Å². The molecule has 1 fully saturated rings. The first-order valence-electron chi connectivity index (χ1n) is 11.0. The number of hydrogen-bond donors (Lipinski definition) is 1. The molecule has 1 aliphatic rings. The van der Waals surface area contributed by atoms with Gasteiger partial charge in [-0.2, -0.15) is 0 Å². The van der Waals surface area contributed by atoms with Crippen molar-refractivity contribution in [3.8, 4) is 17.2 Å². The fourth-order valence-corrected chi connectivity index (χ4v) is 4.43.